The van der Waals surface area contributed by atoms with Gasteiger partial charge in [-0.15, -0.1) is 0 Å². The highest BCUT2D eigenvalue weighted by Crippen LogP contribution is 2.32. The highest BCUT2D eigenvalue weighted by atomic mass is 35.5. The number of rotatable bonds is 4. The van der Waals surface area contributed by atoms with E-state index in [0.717, 1.165) is 38.8 Å². The van der Waals surface area contributed by atoms with Gasteiger partial charge in [0.2, 0.25) is 11.8 Å². The highest BCUT2D eigenvalue weighted by Gasteiger charge is 2.33. The summed E-state index contributed by atoms with van der Waals surface area (Å²) < 4.78 is 4.70. The fourth-order valence-electron chi connectivity index (χ4n) is 3.90. The Hall–Kier alpha value is -2.08. The molecular formula is C20H25ClN2O4. The van der Waals surface area contributed by atoms with Gasteiger partial charge in [-0.25, -0.2) is 4.79 Å². The fourth-order valence-corrected chi connectivity index (χ4v) is 4.06. The second kappa shape index (κ2) is 8.74. The van der Waals surface area contributed by atoms with Gasteiger partial charge < -0.3 is 15.0 Å². The highest BCUT2D eigenvalue weighted by molar-refractivity contribution is 6.33. The van der Waals surface area contributed by atoms with E-state index in [-0.39, 0.29) is 23.7 Å². The molecule has 3 rings (SSSR count). The van der Waals surface area contributed by atoms with Crippen molar-refractivity contribution in [2.45, 2.75) is 38.5 Å². The van der Waals surface area contributed by atoms with Crippen LogP contribution >= 0.6 is 11.6 Å². The molecule has 0 atom stereocenters. The Labute approximate surface area is 164 Å². The Morgan fingerprint density at radius 1 is 1.07 bits per heavy atom. The molecule has 1 aromatic rings. The average molecular weight is 393 g/mol. The molecule has 6 nitrogen and oxygen atoms in total. The molecule has 1 aliphatic carbocycles. The van der Waals surface area contributed by atoms with Crippen LogP contribution in [0.2, 0.25) is 5.02 Å². The third-order valence-electron chi connectivity index (χ3n) is 5.51. The SMILES string of the molecule is COC(=O)c1ccc(Cl)c(NC(=O)C2CCC(C(=O)N3CCCC3)CC2)c1. The first kappa shape index (κ1) is 19.7. The van der Waals surface area contributed by atoms with Crippen LogP contribution in [0.5, 0.6) is 0 Å². The van der Waals surface area contributed by atoms with Crippen molar-refractivity contribution in [2.24, 2.45) is 11.8 Å². The number of amides is 2. The second-order valence-corrected chi connectivity index (χ2v) is 7.66. The first-order chi connectivity index (χ1) is 13.0. The Kier molecular flexibility index (Phi) is 6.37. The molecule has 0 unspecified atom stereocenters. The van der Waals surface area contributed by atoms with Gasteiger partial charge in [-0.1, -0.05) is 11.6 Å². The summed E-state index contributed by atoms with van der Waals surface area (Å²) in [7, 11) is 1.30. The van der Waals surface area contributed by atoms with E-state index >= 15 is 0 Å². The number of carbonyl (C=O) groups excluding carboxylic acids is 3. The van der Waals surface area contributed by atoms with E-state index in [1.54, 1.807) is 12.1 Å². The predicted molar refractivity (Wildman–Crippen MR) is 103 cm³/mol. The number of hydrogen-bond acceptors (Lipinski definition) is 4. The van der Waals surface area contributed by atoms with Crippen LogP contribution in [0.1, 0.15) is 48.9 Å². The molecule has 146 valence electrons. The molecule has 27 heavy (non-hydrogen) atoms. The van der Waals surface area contributed by atoms with Crippen molar-refractivity contribution in [2.75, 3.05) is 25.5 Å². The molecule has 2 amide bonds. The minimum absolute atomic E-state index is 0.0402. The number of anilines is 1. The van der Waals surface area contributed by atoms with Crippen molar-refractivity contribution in [3.8, 4) is 0 Å². The first-order valence-corrected chi connectivity index (χ1v) is 9.85. The number of esters is 1. The van der Waals surface area contributed by atoms with Gasteiger partial charge in [0.25, 0.3) is 0 Å². The first-order valence-electron chi connectivity index (χ1n) is 9.47. The molecule has 1 heterocycles. The van der Waals surface area contributed by atoms with Crippen molar-refractivity contribution in [1.82, 2.24) is 4.90 Å². The molecule has 1 aliphatic heterocycles. The number of nitrogens with zero attached hydrogens (tertiary/aromatic N) is 1. The summed E-state index contributed by atoms with van der Waals surface area (Å²) in [6, 6.07) is 4.64. The number of ether oxygens (including phenoxy) is 1. The lowest BCUT2D eigenvalue weighted by Crippen LogP contribution is -2.37. The number of carbonyl (C=O) groups is 3. The van der Waals surface area contributed by atoms with Gasteiger partial charge in [-0.05, 0) is 56.7 Å². The summed E-state index contributed by atoms with van der Waals surface area (Å²) in [5, 5.41) is 3.19. The number of benzene rings is 1. The lowest BCUT2D eigenvalue weighted by Gasteiger charge is -2.30. The summed E-state index contributed by atoms with van der Waals surface area (Å²) in [6.07, 6.45) is 5.03. The van der Waals surface area contributed by atoms with Crippen LogP contribution in [0.25, 0.3) is 0 Å². The molecule has 2 fully saturated rings. The summed E-state index contributed by atoms with van der Waals surface area (Å²) in [5.74, 6) is -0.460. The Balaban J connectivity index is 1.57. The lowest BCUT2D eigenvalue weighted by molar-refractivity contribution is -0.136. The van der Waals surface area contributed by atoms with Gasteiger partial charge >= 0.3 is 5.97 Å². The maximum absolute atomic E-state index is 12.6. The summed E-state index contributed by atoms with van der Waals surface area (Å²) in [6.45, 7) is 1.74. The van der Waals surface area contributed by atoms with Gasteiger partial charge in [0, 0.05) is 24.9 Å². The van der Waals surface area contributed by atoms with Gasteiger partial charge in [0.15, 0.2) is 0 Å². The van der Waals surface area contributed by atoms with Gasteiger partial charge in [0.1, 0.15) is 0 Å². The zero-order valence-corrected chi connectivity index (χ0v) is 16.3. The molecule has 0 spiro atoms. The summed E-state index contributed by atoms with van der Waals surface area (Å²) in [4.78, 5) is 38.7. The summed E-state index contributed by atoms with van der Waals surface area (Å²) in [5.41, 5.74) is 0.733. The van der Waals surface area contributed by atoms with Crippen molar-refractivity contribution < 1.29 is 19.1 Å². The van der Waals surface area contributed by atoms with E-state index < -0.39 is 5.97 Å². The third kappa shape index (κ3) is 4.61. The van der Waals surface area contributed by atoms with E-state index in [2.05, 4.69) is 5.32 Å². The topological polar surface area (TPSA) is 75.7 Å². The zero-order valence-electron chi connectivity index (χ0n) is 15.5. The maximum atomic E-state index is 12.6. The van der Waals surface area contributed by atoms with E-state index in [0.29, 0.717) is 29.1 Å². The molecule has 0 bridgehead atoms. The minimum atomic E-state index is -0.483. The van der Waals surface area contributed by atoms with Crippen LogP contribution < -0.4 is 5.32 Å². The monoisotopic (exact) mass is 392 g/mol. The molecule has 2 aliphatic rings. The van der Waals surface area contributed by atoms with Crippen LogP contribution in [-0.2, 0) is 14.3 Å². The smallest absolute Gasteiger partial charge is 0.337 e. The number of halogens is 1. The number of likely N-dealkylation sites (tertiary alicyclic amines) is 1. The van der Waals surface area contributed by atoms with Crippen LogP contribution in [-0.4, -0.2) is 42.9 Å². The molecule has 0 aromatic heterocycles. The van der Waals surface area contributed by atoms with Crippen molar-refractivity contribution >= 4 is 35.1 Å². The average Bonchev–Trinajstić information content (AvgIpc) is 3.23. The molecule has 1 N–H and O–H groups in total. The van der Waals surface area contributed by atoms with E-state index in [4.69, 9.17) is 16.3 Å². The van der Waals surface area contributed by atoms with Gasteiger partial charge in [-0.2, -0.15) is 0 Å². The standard InChI is InChI=1S/C20H25ClN2O4/c1-27-20(26)15-8-9-16(21)17(12-15)22-18(24)13-4-6-14(7-5-13)19(25)23-10-2-3-11-23/h8-9,12-14H,2-7,10-11H2,1H3,(H,22,24). The van der Waals surface area contributed by atoms with E-state index in [1.165, 1.54) is 13.2 Å². The second-order valence-electron chi connectivity index (χ2n) is 7.26. The van der Waals surface area contributed by atoms with Gasteiger partial charge in [-0.3, -0.25) is 9.59 Å². The molecule has 1 aromatic carbocycles. The molecule has 7 heteroatoms. The van der Waals surface area contributed by atoms with Crippen LogP contribution in [0.4, 0.5) is 5.69 Å². The Morgan fingerprint density at radius 3 is 2.33 bits per heavy atom. The molecule has 0 radical (unpaired) electrons. The van der Waals surface area contributed by atoms with Crippen molar-refractivity contribution in [3.05, 3.63) is 28.8 Å². The Morgan fingerprint density at radius 2 is 1.70 bits per heavy atom. The maximum Gasteiger partial charge on any atom is 0.337 e. The largest absolute Gasteiger partial charge is 0.465 e. The zero-order chi connectivity index (χ0) is 19.4. The minimum Gasteiger partial charge on any atom is -0.465 e. The number of methoxy groups -OCH3 is 1. The van der Waals surface area contributed by atoms with E-state index in [9.17, 15) is 14.4 Å². The van der Waals surface area contributed by atoms with Crippen molar-refractivity contribution in [1.29, 1.82) is 0 Å². The van der Waals surface area contributed by atoms with Crippen LogP contribution in [0.3, 0.4) is 0 Å². The number of hydrogen-bond donors (Lipinski definition) is 1. The Bertz CT molecular complexity index is 723. The normalized spacial score (nSPS) is 22.4. The third-order valence-corrected chi connectivity index (χ3v) is 5.84. The van der Waals surface area contributed by atoms with Crippen LogP contribution in [0.15, 0.2) is 18.2 Å². The molecular weight excluding hydrogens is 368 g/mol. The van der Waals surface area contributed by atoms with Gasteiger partial charge in [0.05, 0.1) is 23.4 Å². The predicted octanol–water partition coefficient (Wildman–Crippen LogP) is 3.49. The lowest BCUT2D eigenvalue weighted by atomic mass is 9.81. The van der Waals surface area contributed by atoms with E-state index in [1.807, 2.05) is 4.90 Å². The molecule has 1 saturated heterocycles. The summed E-state index contributed by atoms with van der Waals surface area (Å²) >= 11 is 6.15. The molecule has 1 saturated carbocycles. The number of nitrogens with one attached hydrogen (secondary N) is 1. The van der Waals surface area contributed by atoms with Crippen molar-refractivity contribution in [3.63, 3.8) is 0 Å². The van der Waals surface area contributed by atoms with Crippen LogP contribution in [0, 0.1) is 11.8 Å². The fraction of sp³-hybridized carbons (Fsp3) is 0.550. The quantitative estimate of drug-likeness (QED) is 0.796.